The molecule has 80 valence electrons. The van der Waals surface area contributed by atoms with Crippen molar-refractivity contribution in [3.63, 3.8) is 0 Å². The first-order valence-electron chi connectivity index (χ1n) is 4.47. The monoisotopic (exact) mass is 218 g/mol. The molecule has 5 heteroatoms. The molecule has 0 aromatic heterocycles. The van der Waals surface area contributed by atoms with Crippen LogP contribution in [0.15, 0.2) is 0 Å². The summed E-state index contributed by atoms with van der Waals surface area (Å²) in [5.41, 5.74) is 0. The van der Waals surface area contributed by atoms with Gasteiger partial charge in [0, 0.05) is 6.42 Å². The van der Waals surface area contributed by atoms with Crippen molar-refractivity contribution in [3.05, 3.63) is 0 Å². The van der Waals surface area contributed by atoms with E-state index >= 15 is 0 Å². The number of Topliss-reactive ketones (excluding diaryl/α,β-unsaturated/α-hetero) is 1. The first-order chi connectivity index (χ1) is 6.61. The maximum absolute atomic E-state index is 11.2. The van der Waals surface area contributed by atoms with E-state index in [1.807, 2.05) is 0 Å². The third-order valence-electron chi connectivity index (χ3n) is 1.36. The van der Waals surface area contributed by atoms with Crippen LogP contribution in [0.4, 0.5) is 0 Å². The maximum Gasteiger partial charge on any atom is 0.306 e. The highest BCUT2D eigenvalue weighted by atomic mass is 32.1. The van der Waals surface area contributed by atoms with Gasteiger partial charge in [-0.1, -0.05) is 0 Å². The normalized spacial score (nSPS) is 9.29. The van der Waals surface area contributed by atoms with Crippen molar-refractivity contribution in [1.82, 2.24) is 0 Å². The highest BCUT2D eigenvalue weighted by Gasteiger charge is 2.12. The molecule has 0 spiro atoms. The number of rotatable bonds is 6. The second-order valence-electron chi connectivity index (χ2n) is 2.45. The highest BCUT2D eigenvalue weighted by molar-refractivity contribution is 7.81. The van der Waals surface area contributed by atoms with Gasteiger partial charge in [-0.3, -0.25) is 9.59 Å². The summed E-state index contributed by atoms with van der Waals surface area (Å²) in [5.74, 6) is -0.713. The fraction of sp³-hybridized carbons (Fsp3) is 0.667. The lowest BCUT2D eigenvalue weighted by atomic mass is 10.2. The van der Waals surface area contributed by atoms with Crippen LogP contribution in [0.3, 0.4) is 0 Å². The molecule has 0 amide bonds. The molecule has 14 heavy (non-hydrogen) atoms. The molecular weight excluding hydrogens is 204 g/mol. The van der Waals surface area contributed by atoms with E-state index in [-0.39, 0.29) is 29.6 Å². The van der Waals surface area contributed by atoms with Crippen molar-refractivity contribution in [2.75, 3.05) is 13.2 Å². The standard InChI is InChI=1S/C9H14O4S/c1-3-12-8(11)6-5-7(10)9(14)13-4-2/h3-6H2,1-2H3. The van der Waals surface area contributed by atoms with Crippen LogP contribution in [-0.4, -0.2) is 30.0 Å². The Hall–Kier alpha value is -0.970. The SMILES string of the molecule is CCOC(=O)CCC(=O)C(=S)OCC. The Morgan fingerprint density at radius 2 is 1.64 bits per heavy atom. The predicted octanol–water partition coefficient (Wildman–Crippen LogP) is 1.26. The van der Waals surface area contributed by atoms with Gasteiger partial charge in [-0.05, 0) is 26.1 Å². The molecule has 0 aliphatic rings. The minimum Gasteiger partial charge on any atom is -0.481 e. The topological polar surface area (TPSA) is 52.6 Å². The van der Waals surface area contributed by atoms with Gasteiger partial charge in [-0.25, -0.2) is 0 Å². The number of hydrogen-bond acceptors (Lipinski definition) is 5. The maximum atomic E-state index is 11.2. The van der Waals surface area contributed by atoms with Crippen LogP contribution < -0.4 is 0 Å². The molecule has 0 aliphatic carbocycles. The number of thiocarbonyl (C=S) groups is 1. The predicted molar refractivity (Wildman–Crippen MR) is 55.1 cm³/mol. The zero-order chi connectivity index (χ0) is 11.0. The van der Waals surface area contributed by atoms with Gasteiger partial charge in [-0.2, -0.15) is 0 Å². The Balaban J connectivity index is 3.73. The molecule has 0 aliphatic heterocycles. The van der Waals surface area contributed by atoms with Crippen molar-refractivity contribution in [2.24, 2.45) is 0 Å². The van der Waals surface area contributed by atoms with Crippen molar-refractivity contribution in [2.45, 2.75) is 26.7 Å². The van der Waals surface area contributed by atoms with E-state index in [1.54, 1.807) is 13.8 Å². The van der Waals surface area contributed by atoms with E-state index < -0.39 is 0 Å². The summed E-state index contributed by atoms with van der Waals surface area (Å²) in [6.45, 7) is 4.14. The van der Waals surface area contributed by atoms with Gasteiger partial charge in [0.05, 0.1) is 19.6 Å². The number of ether oxygens (including phenoxy) is 2. The molecule has 0 rings (SSSR count). The van der Waals surface area contributed by atoms with E-state index in [0.717, 1.165) is 0 Å². The zero-order valence-electron chi connectivity index (χ0n) is 8.37. The fourth-order valence-corrected chi connectivity index (χ4v) is 0.982. The van der Waals surface area contributed by atoms with Crippen LogP contribution in [0.25, 0.3) is 0 Å². The summed E-state index contributed by atoms with van der Waals surface area (Å²) in [6, 6.07) is 0. The van der Waals surface area contributed by atoms with Gasteiger partial charge in [0.1, 0.15) is 0 Å². The highest BCUT2D eigenvalue weighted by Crippen LogP contribution is 1.97. The third-order valence-corrected chi connectivity index (χ3v) is 1.71. The smallest absolute Gasteiger partial charge is 0.306 e. The number of carbonyl (C=O) groups is 2. The molecule has 0 radical (unpaired) electrons. The Morgan fingerprint density at radius 1 is 1.07 bits per heavy atom. The van der Waals surface area contributed by atoms with Crippen LogP contribution in [0.2, 0.25) is 0 Å². The van der Waals surface area contributed by atoms with Crippen molar-refractivity contribution >= 4 is 29.0 Å². The molecule has 0 heterocycles. The summed E-state index contributed by atoms with van der Waals surface area (Å²) in [4.78, 5) is 22.0. The van der Waals surface area contributed by atoms with Gasteiger partial charge in [0.25, 0.3) is 0 Å². The van der Waals surface area contributed by atoms with Gasteiger partial charge in [0.2, 0.25) is 10.8 Å². The first-order valence-corrected chi connectivity index (χ1v) is 4.88. The minimum atomic E-state index is -0.389. The van der Waals surface area contributed by atoms with E-state index in [2.05, 4.69) is 17.0 Å². The van der Waals surface area contributed by atoms with Gasteiger partial charge >= 0.3 is 5.97 Å². The molecule has 4 nitrogen and oxygen atoms in total. The average molecular weight is 218 g/mol. The van der Waals surface area contributed by atoms with Gasteiger partial charge < -0.3 is 9.47 Å². The molecule has 0 fully saturated rings. The van der Waals surface area contributed by atoms with E-state index in [9.17, 15) is 9.59 Å². The fourth-order valence-electron chi connectivity index (χ4n) is 0.762. The lowest BCUT2D eigenvalue weighted by Gasteiger charge is -2.03. The summed E-state index contributed by atoms with van der Waals surface area (Å²) >= 11 is 4.67. The number of ketones is 1. The average Bonchev–Trinajstić information content (AvgIpc) is 2.15. The molecule has 0 saturated heterocycles. The van der Waals surface area contributed by atoms with Crippen LogP contribution in [0, 0.1) is 0 Å². The van der Waals surface area contributed by atoms with Crippen LogP contribution in [0.1, 0.15) is 26.7 Å². The lowest BCUT2D eigenvalue weighted by Crippen LogP contribution is -2.17. The number of hydrogen-bond donors (Lipinski definition) is 0. The quantitative estimate of drug-likeness (QED) is 0.496. The van der Waals surface area contributed by atoms with Crippen LogP contribution in [0.5, 0.6) is 0 Å². The van der Waals surface area contributed by atoms with Crippen LogP contribution in [-0.2, 0) is 19.1 Å². The van der Waals surface area contributed by atoms with E-state index in [1.165, 1.54) is 0 Å². The number of esters is 1. The molecule has 0 aromatic rings. The lowest BCUT2D eigenvalue weighted by molar-refractivity contribution is -0.144. The summed E-state index contributed by atoms with van der Waals surface area (Å²) in [6.07, 6.45) is 0.109. The first kappa shape index (κ1) is 13.0. The zero-order valence-corrected chi connectivity index (χ0v) is 9.19. The Labute approximate surface area is 88.6 Å². The molecular formula is C9H14O4S. The third kappa shape index (κ3) is 5.64. The largest absolute Gasteiger partial charge is 0.481 e. The molecule has 0 saturated carbocycles. The molecule has 0 N–H and O–H groups in total. The summed E-state index contributed by atoms with van der Waals surface area (Å²) in [7, 11) is 0. The van der Waals surface area contributed by atoms with Crippen LogP contribution >= 0.6 is 12.2 Å². The van der Waals surface area contributed by atoms with Gasteiger partial charge in [0.15, 0.2) is 0 Å². The Kier molecular flexibility index (Phi) is 6.92. The minimum absolute atomic E-state index is 0.0532. The van der Waals surface area contributed by atoms with Crippen molar-refractivity contribution in [3.8, 4) is 0 Å². The van der Waals surface area contributed by atoms with E-state index in [4.69, 9.17) is 4.74 Å². The summed E-state index contributed by atoms with van der Waals surface area (Å²) in [5, 5.41) is -0.0585. The Morgan fingerprint density at radius 3 is 2.14 bits per heavy atom. The second-order valence-corrected chi connectivity index (χ2v) is 2.82. The molecule has 0 unspecified atom stereocenters. The Bertz CT molecular complexity index is 225. The summed E-state index contributed by atoms with van der Waals surface area (Å²) < 4.78 is 9.48. The molecule has 0 aromatic carbocycles. The number of carbonyl (C=O) groups excluding carboxylic acids is 2. The van der Waals surface area contributed by atoms with E-state index in [0.29, 0.717) is 13.2 Å². The van der Waals surface area contributed by atoms with Crippen molar-refractivity contribution in [1.29, 1.82) is 0 Å². The second kappa shape index (κ2) is 7.44. The van der Waals surface area contributed by atoms with Crippen molar-refractivity contribution < 1.29 is 19.1 Å². The van der Waals surface area contributed by atoms with Gasteiger partial charge in [-0.15, -0.1) is 0 Å². The molecule has 0 bridgehead atoms. The molecule has 0 atom stereocenters.